The quantitative estimate of drug-likeness (QED) is 0.938. The van der Waals surface area contributed by atoms with Crippen LogP contribution in [0.3, 0.4) is 0 Å². The van der Waals surface area contributed by atoms with Crippen molar-refractivity contribution in [2.45, 2.75) is 6.36 Å². The van der Waals surface area contributed by atoms with Crippen molar-refractivity contribution in [2.24, 2.45) is 0 Å². The number of benzene rings is 1. The summed E-state index contributed by atoms with van der Waals surface area (Å²) in [6.07, 6.45) is -3.51. The Morgan fingerprint density at radius 3 is 2.60 bits per heavy atom. The van der Waals surface area contributed by atoms with Crippen LogP contribution in [0.1, 0.15) is 10.5 Å². The number of carboxylic acid groups (broad SMARTS) is 1. The summed E-state index contributed by atoms with van der Waals surface area (Å²) in [7, 11) is 0. The SMILES string of the molecule is O=C(O)c1ncccc1-c1cccc(OC(F)(F)F)c1. The fourth-order valence-electron chi connectivity index (χ4n) is 1.67. The van der Waals surface area contributed by atoms with E-state index in [1.165, 1.54) is 30.5 Å². The number of ether oxygens (including phenoxy) is 1. The highest BCUT2D eigenvalue weighted by atomic mass is 19.4. The molecule has 20 heavy (non-hydrogen) atoms. The molecule has 1 heterocycles. The lowest BCUT2D eigenvalue weighted by Crippen LogP contribution is -2.17. The van der Waals surface area contributed by atoms with Gasteiger partial charge in [-0.2, -0.15) is 0 Å². The van der Waals surface area contributed by atoms with Gasteiger partial charge in [-0.05, 0) is 23.8 Å². The molecule has 0 aliphatic rings. The van der Waals surface area contributed by atoms with Gasteiger partial charge in [-0.1, -0.05) is 18.2 Å². The van der Waals surface area contributed by atoms with Crippen LogP contribution in [0, 0.1) is 0 Å². The molecule has 104 valence electrons. The minimum Gasteiger partial charge on any atom is -0.476 e. The van der Waals surface area contributed by atoms with Crippen molar-refractivity contribution in [1.29, 1.82) is 0 Å². The van der Waals surface area contributed by atoms with Gasteiger partial charge in [0.05, 0.1) is 0 Å². The second-order valence-corrected chi connectivity index (χ2v) is 3.78. The average Bonchev–Trinajstić information content (AvgIpc) is 2.37. The monoisotopic (exact) mass is 283 g/mol. The van der Waals surface area contributed by atoms with Gasteiger partial charge in [0.2, 0.25) is 0 Å². The number of hydrogen-bond donors (Lipinski definition) is 1. The molecule has 0 aliphatic heterocycles. The van der Waals surface area contributed by atoms with Crippen molar-refractivity contribution >= 4 is 5.97 Å². The van der Waals surface area contributed by atoms with Crippen molar-refractivity contribution in [1.82, 2.24) is 4.98 Å². The summed E-state index contributed by atoms with van der Waals surface area (Å²) in [4.78, 5) is 14.7. The van der Waals surface area contributed by atoms with Crippen LogP contribution in [0.2, 0.25) is 0 Å². The summed E-state index contributed by atoms with van der Waals surface area (Å²) >= 11 is 0. The van der Waals surface area contributed by atoms with Crippen molar-refractivity contribution < 1.29 is 27.8 Å². The molecule has 2 rings (SSSR count). The summed E-state index contributed by atoms with van der Waals surface area (Å²) < 4.78 is 40.3. The zero-order valence-corrected chi connectivity index (χ0v) is 9.89. The van der Waals surface area contributed by atoms with Crippen LogP contribution in [-0.2, 0) is 0 Å². The predicted molar refractivity (Wildman–Crippen MR) is 63.3 cm³/mol. The molecule has 0 amide bonds. The summed E-state index contributed by atoms with van der Waals surface area (Å²) in [6.45, 7) is 0. The first-order valence-electron chi connectivity index (χ1n) is 5.41. The van der Waals surface area contributed by atoms with Crippen molar-refractivity contribution in [2.75, 3.05) is 0 Å². The molecule has 0 spiro atoms. The van der Waals surface area contributed by atoms with Crippen molar-refractivity contribution in [3.63, 3.8) is 0 Å². The van der Waals surface area contributed by atoms with E-state index in [9.17, 15) is 18.0 Å². The minimum absolute atomic E-state index is 0.215. The van der Waals surface area contributed by atoms with Crippen LogP contribution in [-0.4, -0.2) is 22.4 Å². The smallest absolute Gasteiger partial charge is 0.476 e. The Morgan fingerprint density at radius 1 is 1.20 bits per heavy atom. The molecule has 0 fully saturated rings. The van der Waals surface area contributed by atoms with Gasteiger partial charge in [-0.15, -0.1) is 13.2 Å². The summed E-state index contributed by atoms with van der Waals surface area (Å²) in [5, 5.41) is 9.01. The Labute approximate surface area is 111 Å². The van der Waals surface area contributed by atoms with Gasteiger partial charge in [0.25, 0.3) is 0 Å². The third-order valence-electron chi connectivity index (χ3n) is 2.39. The zero-order chi connectivity index (χ0) is 14.8. The number of halogens is 3. The maximum atomic E-state index is 12.2. The van der Waals surface area contributed by atoms with E-state index in [0.29, 0.717) is 0 Å². The van der Waals surface area contributed by atoms with Gasteiger partial charge in [0, 0.05) is 11.8 Å². The van der Waals surface area contributed by atoms with E-state index in [4.69, 9.17) is 5.11 Å². The fraction of sp³-hybridized carbons (Fsp3) is 0.0769. The van der Waals surface area contributed by atoms with E-state index >= 15 is 0 Å². The molecule has 1 aromatic carbocycles. The third-order valence-corrected chi connectivity index (χ3v) is 2.39. The summed E-state index contributed by atoms with van der Waals surface area (Å²) in [5.41, 5.74) is 0.251. The highest BCUT2D eigenvalue weighted by Crippen LogP contribution is 2.29. The predicted octanol–water partition coefficient (Wildman–Crippen LogP) is 3.35. The molecule has 0 unspecified atom stereocenters. The number of aromatic carboxylic acids is 1. The van der Waals surface area contributed by atoms with Crippen molar-refractivity contribution in [3.05, 3.63) is 48.3 Å². The minimum atomic E-state index is -4.80. The van der Waals surface area contributed by atoms with Gasteiger partial charge >= 0.3 is 12.3 Å². The molecule has 1 aromatic heterocycles. The van der Waals surface area contributed by atoms with E-state index in [1.807, 2.05) is 0 Å². The lowest BCUT2D eigenvalue weighted by Gasteiger charge is -2.10. The van der Waals surface area contributed by atoms with E-state index in [1.54, 1.807) is 0 Å². The van der Waals surface area contributed by atoms with Gasteiger partial charge in [-0.3, -0.25) is 0 Å². The van der Waals surface area contributed by atoms with Gasteiger partial charge in [-0.25, -0.2) is 9.78 Å². The van der Waals surface area contributed by atoms with Crippen LogP contribution in [0.25, 0.3) is 11.1 Å². The Kier molecular flexibility index (Phi) is 3.60. The van der Waals surface area contributed by atoms with E-state index in [2.05, 4.69) is 9.72 Å². The first-order valence-corrected chi connectivity index (χ1v) is 5.41. The van der Waals surface area contributed by atoms with Crippen LogP contribution < -0.4 is 4.74 Å². The number of rotatable bonds is 3. The number of aromatic nitrogens is 1. The fourth-order valence-corrected chi connectivity index (χ4v) is 1.67. The second-order valence-electron chi connectivity index (χ2n) is 3.78. The Bertz CT molecular complexity index is 641. The highest BCUT2D eigenvalue weighted by Gasteiger charge is 2.31. The van der Waals surface area contributed by atoms with E-state index in [0.717, 1.165) is 12.1 Å². The first kappa shape index (κ1) is 13.9. The number of carbonyl (C=O) groups is 1. The zero-order valence-electron chi connectivity index (χ0n) is 9.89. The number of hydrogen-bond acceptors (Lipinski definition) is 3. The lowest BCUT2D eigenvalue weighted by molar-refractivity contribution is -0.274. The number of nitrogens with zero attached hydrogens (tertiary/aromatic N) is 1. The average molecular weight is 283 g/mol. The molecule has 1 N–H and O–H groups in total. The standard InChI is InChI=1S/C13H8F3NO3/c14-13(15,16)20-9-4-1-3-8(7-9)10-5-2-6-17-11(10)12(18)19/h1-7H,(H,18,19). The number of pyridine rings is 1. The molecule has 2 aromatic rings. The molecular formula is C13H8F3NO3. The number of alkyl halides is 3. The Morgan fingerprint density at radius 2 is 1.95 bits per heavy atom. The van der Waals surface area contributed by atoms with Crippen LogP contribution in [0.5, 0.6) is 5.75 Å². The molecule has 7 heteroatoms. The third kappa shape index (κ3) is 3.25. The maximum Gasteiger partial charge on any atom is 0.573 e. The van der Waals surface area contributed by atoms with Crippen LogP contribution in [0.15, 0.2) is 42.6 Å². The van der Waals surface area contributed by atoms with Crippen molar-refractivity contribution in [3.8, 4) is 16.9 Å². The highest BCUT2D eigenvalue weighted by molar-refractivity contribution is 5.93. The summed E-state index contributed by atoms with van der Waals surface area (Å²) in [6, 6.07) is 8.02. The Balaban J connectivity index is 2.44. The summed E-state index contributed by atoms with van der Waals surface area (Å²) in [5.74, 6) is -1.68. The second kappa shape index (κ2) is 5.20. The van der Waals surface area contributed by atoms with Gasteiger partial charge in [0.1, 0.15) is 5.75 Å². The normalized spacial score (nSPS) is 11.2. The maximum absolute atomic E-state index is 12.2. The van der Waals surface area contributed by atoms with E-state index in [-0.39, 0.29) is 16.8 Å². The number of carboxylic acids is 1. The molecular weight excluding hydrogens is 275 g/mol. The Hall–Kier alpha value is -2.57. The van der Waals surface area contributed by atoms with Gasteiger partial charge < -0.3 is 9.84 Å². The first-order chi connectivity index (χ1) is 9.37. The molecule has 0 radical (unpaired) electrons. The molecule has 0 saturated carbocycles. The van der Waals surface area contributed by atoms with E-state index < -0.39 is 18.1 Å². The van der Waals surface area contributed by atoms with Crippen LogP contribution >= 0.6 is 0 Å². The molecule has 0 aliphatic carbocycles. The van der Waals surface area contributed by atoms with Crippen LogP contribution in [0.4, 0.5) is 13.2 Å². The molecule has 0 atom stereocenters. The topological polar surface area (TPSA) is 59.4 Å². The lowest BCUT2D eigenvalue weighted by atomic mass is 10.0. The molecule has 4 nitrogen and oxygen atoms in total. The largest absolute Gasteiger partial charge is 0.573 e. The molecule has 0 bridgehead atoms. The molecule has 0 saturated heterocycles. The van der Waals surface area contributed by atoms with Gasteiger partial charge in [0.15, 0.2) is 5.69 Å².